The number of nitro benzene ring substituents is 1. The topological polar surface area (TPSA) is 77.7 Å². The summed E-state index contributed by atoms with van der Waals surface area (Å²) in [5.74, 6) is -0.210. The lowest BCUT2D eigenvalue weighted by atomic mass is 10.2. The number of hydrogen-bond acceptors (Lipinski definition) is 6. The number of nitrogens with zero attached hydrogens (tertiary/aromatic N) is 3. The van der Waals surface area contributed by atoms with Gasteiger partial charge in [-0.05, 0) is 12.1 Å². The summed E-state index contributed by atoms with van der Waals surface area (Å²) in [7, 11) is 1.44. The maximum atomic E-state index is 12.7. The lowest BCUT2D eigenvalue weighted by Gasteiger charge is -2.18. The van der Waals surface area contributed by atoms with E-state index in [2.05, 4.69) is 11.6 Å². The van der Waals surface area contributed by atoms with Crippen LogP contribution < -0.4 is 9.80 Å². The Morgan fingerprint density at radius 3 is 2.67 bits per heavy atom. The first-order valence-corrected chi connectivity index (χ1v) is 7.68. The quantitative estimate of drug-likeness (QED) is 0.367. The summed E-state index contributed by atoms with van der Waals surface area (Å²) < 4.78 is 43.4. The van der Waals surface area contributed by atoms with Crippen LogP contribution in [0.3, 0.4) is 0 Å². The summed E-state index contributed by atoms with van der Waals surface area (Å²) in [5, 5.41) is 12.0. The van der Waals surface area contributed by atoms with Gasteiger partial charge in [-0.15, -0.1) is 6.58 Å². The van der Waals surface area contributed by atoms with Crippen molar-refractivity contribution < 1.29 is 27.7 Å². The van der Waals surface area contributed by atoms with Crippen molar-refractivity contribution in [1.29, 1.82) is 0 Å². The molecular weight excluding hydrogens is 391 g/mol. The minimum absolute atomic E-state index is 0.0578. The average molecular weight is 404 g/mol. The van der Waals surface area contributed by atoms with Crippen LogP contribution in [0.5, 0.6) is 11.6 Å². The normalized spacial score (nSPS) is 11.1. The highest BCUT2D eigenvalue weighted by molar-refractivity contribution is 6.31. The molecule has 11 heteroatoms. The van der Waals surface area contributed by atoms with Gasteiger partial charge in [0.15, 0.2) is 0 Å². The molecule has 0 aliphatic rings. The van der Waals surface area contributed by atoms with Crippen LogP contribution in [0.25, 0.3) is 0 Å². The maximum absolute atomic E-state index is 12.7. The molecule has 1 heterocycles. The largest absolute Gasteiger partial charge is 0.437 e. The smallest absolute Gasteiger partial charge is 0.417 e. The van der Waals surface area contributed by atoms with Gasteiger partial charge in [-0.2, -0.15) is 13.2 Å². The number of rotatable bonds is 7. The molecule has 0 unspecified atom stereocenters. The third-order valence-corrected chi connectivity index (χ3v) is 3.49. The number of alkyl halides is 3. The molecule has 0 amide bonds. The van der Waals surface area contributed by atoms with Gasteiger partial charge in [-0.25, -0.2) is 10.0 Å². The Kier molecular flexibility index (Phi) is 6.24. The second-order valence-corrected chi connectivity index (χ2v) is 5.51. The minimum Gasteiger partial charge on any atom is -0.437 e. The Morgan fingerprint density at radius 2 is 2.11 bits per heavy atom. The van der Waals surface area contributed by atoms with Gasteiger partial charge in [0.25, 0.3) is 5.69 Å². The van der Waals surface area contributed by atoms with Crippen LogP contribution in [-0.4, -0.2) is 23.6 Å². The van der Waals surface area contributed by atoms with Crippen molar-refractivity contribution in [3.63, 3.8) is 0 Å². The van der Waals surface area contributed by atoms with E-state index >= 15 is 0 Å². The molecule has 2 aromatic rings. The number of hydrogen-bond donors (Lipinski definition) is 0. The minimum atomic E-state index is -4.60. The van der Waals surface area contributed by atoms with Gasteiger partial charge in [0.2, 0.25) is 5.88 Å². The Labute approximate surface area is 156 Å². The third kappa shape index (κ3) is 5.08. The molecule has 7 nitrogen and oxygen atoms in total. The number of nitro groups is 1. The Balaban J connectivity index is 2.34. The van der Waals surface area contributed by atoms with Crippen LogP contribution in [0.1, 0.15) is 5.56 Å². The fourth-order valence-corrected chi connectivity index (χ4v) is 2.18. The predicted octanol–water partition coefficient (Wildman–Crippen LogP) is 5.01. The summed E-state index contributed by atoms with van der Waals surface area (Å²) in [6.07, 6.45) is -2.57. The summed E-state index contributed by atoms with van der Waals surface area (Å²) in [4.78, 5) is 19.4. The molecule has 0 aliphatic carbocycles. The van der Waals surface area contributed by atoms with Crippen molar-refractivity contribution in [2.24, 2.45) is 0 Å². The first-order chi connectivity index (χ1) is 12.6. The van der Waals surface area contributed by atoms with Crippen LogP contribution in [0.15, 0.2) is 43.1 Å². The van der Waals surface area contributed by atoms with E-state index in [-0.39, 0.29) is 34.6 Å². The molecule has 0 bridgehead atoms. The molecule has 0 fully saturated rings. The van der Waals surface area contributed by atoms with E-state index in [4.69, 9.17) is 21.2 Å². The van der Waals surface area contributed by atoms with Crippen LogP contribution >= 0.6 is 11.6 Å². The van der Waals surface area contributed by atoms with Gasteiger partial charge >= 0.3 is 6.18 Å². The van der Waals surface area contributed by atoms with Crippen LogP contribution in [0.2, 0.25) is 5.02 Å². The number of anilines is 1. The molecule has 1 aromatic heterocycles. The molecule has 0 spiro atoms. The SMILES string of the molecule is C=CCON(C)c1cc(Oc2ncc(C(F)(F)F)cc2Cl)ccc1[N+](=O)[O-]. The van der Waals surface area contributed by atoms with E-state index in [1.807, 2.05) is 0 Å². The van der Waals surface area contributed by atoms with Gasteiger partial charge in [-0.1, -0.05) is 17.7 Å². The van der Waals surface area contributed by atoms with Crippen molar-refractivity contribution in [2.45, 2.75) is 6.18 Å². The molecule has 0 atom stereocenters. The fourth-order valence-electron chi connectivity index (χ4n) is 1.97. The predicted molar refractivity (Wildman–Crippen MR) is 92.0 cm³/mol. The summed E-state index contributed by atoms with van der Waals surface area (Å²) in [5.41, 5.74) is -1.23. The summed E-state index contributed by atoms with van der Waals surface area (Å²) in [6, 6.07) is 4.38. The number of benzene rings is 1. The molecule has 144 valence electrons. The van der Waals surface area contributed by atoms with Crippen LogP contribution in [0, 0.1) is 10.1 Å². The first kappa shape index (κ1) is 20.5. The van der Waals surface area contributed by atoms with Crippen LogP contribution in [0.4, 0.5) is 24.5 Å². The van der Waals surface area contributed by atoms with Crippen molar-refractivity contribution in [2.75, 3.05) is 18.7 Å². The second kappa shape index (κ2) is 8.23. The number of halogens is 4. The third-order valence-electron chi connectivity index (χ3n) is 3.22. The molecule has 0 N–H and O–H groups in total. The number of hydroxylamine groups is 1. The lowest BCUT2D eigenvalue weighted by molar-refractivity contribution is -0.384. The van der Waals surface area contributed by atoms with E-state index in [1.165, 1.54) is 25.3 Å². The monoisotopic (exact) mass is 403 g/mol. The Morgan fingerprint density at radius 1 is 1.41 bits per heavy atom. The average Bonchev–Trinajstić information content (AvgIpc) is 2.60. The molecule has 2 rings (SSSR count). The molecule has 27 heavy (non-hydrogen) atoms. The van der Waals surface area contributed by atoms with E-state index in [0.29, 0.717) is 12.3 Å². The number of aromatic nitrogens is 1. The van der Waals surface area contributed by atoms with Gasteiger partial charge in [0.1, 0.15) is 16.5 Å². The summed E-state index contributed by atoms with van der Waals surface area (Å²) in [6.45, 7) is 3.58. The van der Waals surface area contributed by atoms with Gasteiger partial charge in [0, 0.05) is 25.4 Å². The van der Waals surface area contributed by atoms with E-state index in [0.717, 1.165) is 11.1 Å². The van der Waals surface area contributed by atoms with E-state index in [1.54, 1.807) is 0 Å². The zero-order valence-electron chi connectivity index (χ0n) is 13.9. The van der Waals surface area contributed by atoms with Crippen molar-refractivity contribution in [3.05, 3.63) is 63.8 Å². The van der Waals surface area contributed by atoms with Crippen molar-refractivity contribution in [3.8, 4) is 11.6 Å². The number of pyridine rings is 1. The fraction of sp³-hybridized carbons (Fsp3) is 0.188. The van der Waals surface area contributed by atoms with E-state index < -0.39 is 16.7 Å². The molecule has 0 saturated carbocycles. The first-order valence-electron chi connectivity index (χ1n) is 7.30. The standard InChI is InChI=1S/C16H13ClF3N3O4/c1-3-6-26-22(2)14-8-11(4-5-13(14)23(24)25)27-15-12(17)7-10(9-21-15)16(18,19)20/h3-5,7-9H,1,6H2,2H3. The zero-order valence-corrected chi connectivity index (χ0v) is 14.6. The lowest BCUT2D eigenvalue weighted by Crippen LogP contribution is -2.19. The Bertz CT molecular complexity index is 861. The summed E-state index contributed by atoms with van der Waals surface area (Å²) >= 11 is 5.80. The highest BCUT2D eigenvalue weighted by Crippen LogP contribution is 2.37. The van der Waals surface area contributed by atoms with Gasteiger partial charge in [0.05, 0.1) is 17.1 Å². The molecule has 0 saturated heterocycles. The number of ether oxygens (including phenoxy) is 1. The Hall–Kier alpha value is -2.85. The highest BCUT2D eigenvalue weighted by Gasteiger charge is 2.32. The second-order valence-electron chi connectivity index (χ2n) is 5.10. The molecular formula is C16H13ClF3N3O4. The zero-order chi connectivity index (χ0) is 20.2. The van der Waals surface area contributed by atoms with Crippen LogP contribution in [-0.2, 0) is 11.0 Å². The molecule has 0 radical (unpaired) electrons. The molecule has 1 aromatic carbocycles. The maximum Gasteiger partial charge on any atom is 0.417 e. The van der Waals surface area contributed by atoms with Gasteiger partial charge in [-0.3, -0.25) is 15.0 Å². The van der Waals surface area contributed by atoms with E-state index in [9.17, 15) is 23.3 Å². The highest BCUT2D eigenvalue weighted by atomic mass is 35.5. The molecule has 0 aliphatic heterocycles. The van der Waals surface area contributed by atoms with Crippen molar-refractivity contribution >= 4 is 23.0 Å². The van der Waals surface area contributed by atoms with Gasteiger partial charge < -0.3 is 4.74 Å². The van der Waals surface area contributed by atoms with Crippen molar-refractivity contribution in [1.82, 2.24) is 4.98 Å².